The minimum absolute atomic E-state index is 0.760. The van der Waals surface area contributed by atoms with Gasteiger partial charge >= 0.3 is 0 Å². The van der Waals surface area contributed by atoms with Gasteiger partial charge in [0.2, 0.25) is 0 Å². The lowest BCUT2D eigenvalue weighted by molar-refractivity contribution is 0.131. The van der Waals surface area contributed by atoms with Crippen molar-refractivity contribution >= 4 is 17.0 Å². The molecule has 1 fully saturated rings. The second-order valence-electron chi connectivity index (χ2n) is 7.53. The second kappa shape index (κ2) is 9.57. The Balaban J connectivity index is 1.29. The highest BCUT2D eigenvalue weighted by Gasteiger charge is 2.16. The Hall–Kier alpha value is -2.85. The highest BCUT2D eigenvalue weighted by molar-refractivity contribution is 5.85. The molecule has 3 aromatic rings. The van der Waals surface area contributed by atoms with Crippen LogP contribution in [0.4, 0.5) is 0 Å². The average Bonchev–Trinajstić information content (AvgIpc) is 2.78. The molecule has 4 heteroatoms. The van der Waals surface area contributed by atoms with Crippen LogP contribution in [0.3, 0.4) is 0 Å². The van der Waals surface area contributed by atoms with E-state index in [1.54, 1.807) is 0 Å². The second-order valence-corrected chi connectivity index (χ2v) is 7.53. The molecule has 0 aliphatic carbocycles. The molecular weight excluding hydrogens is 358 g/mol. The Labute approximate surface area is 173 Å². The van der Waals surface area contributed by atoms with Crippen LogP contribution in [0.25, 0.3) is 10.8 Å². The maximum atomic E-state index is 5.63. The van der Waals surface area contributed by atoms with E-state index in [0.29, 0.717) is 0 Å². The highest BCUT2D eigenvalue weighted by atomic mass is 16.5. The van der Waals surface area contributed by atoms with E-state index in [4.69, 9.17) is 4.74 Å². The van der Waals surface area contributed by atoms with Gasteiger partial charge in [0.1, 0.15) is 5.75 Å². The van der Waals surface area contributed by atoms with E-state index in [2.05, 4.69) is 76.5 Å². The van der Waals surface area contributed by atoms with Gasteiger partial charge in [0.25, 0.3) is 0 Å². The van der Waals surface area contributed by atoms with E-state index < -0.39 is 0 Å². The van der Waals surface area contributed by atoms with Crippen molar-refractivity contribution in [3.63, 3.8) is 0 Å². The third-order valence-electron chi connectivity index (χ3n) is 5.35. The largest absolute Gasteiger partial charge is 0.494 e. The molecule has 4 rings (SSSR count). The van der Waals surface area contributed by atoms with Crippen LogP contribution in [-0.4, -0.2) is 48.9 Å². The first-order valence-corrected chi connectivity index (χ1v) is 10.5. The molecule has 29 heavy (non-hydrogen) atoms. The van der Waals surface area contributed by atoms with Crippen LogP contribution >= 0.6 is 0 Å². The summed E-state index contributed by atoms with van der Waals surface area (Å²) in [6.07, 6.45) is 2.97. The Morgan fingerprint density at radius 1 is 0.897 bits per heavy atom. The summed E-state index contributed by atoms with van der Waals surface area (Å²) in [6, 6.07) is 23.4. The predicted molar refractivity (Wildman–Crippen MR) is 121 cm³/mol. The third kappa shape index (κ3) is 5.15. The lowest BCUT2D eigenvalue weighted by Crippen LogP contribution is -2.43. The van der Waals surface area contributed by atoms with Crippen LogP contribution in [-0.2, 0) is 6.54 Å². The van der Waals surface area contributed by atoms with Crippen molar-refractivity contribution in [2.24, 2.45) is 5.10 Å². The van der Waals surface area contributed by atoms with Crippen molar-refractivity contribution in [2.45, 2.75) is 19.9 Å². The summed E-state index contributed by atoms with van der Waals surface area (Å²) in [5, 5.41) is 9.53. The van der Waals surface area contributed by atoms with Gasteiger partial charge < -0.3 is 4.74 Å². The molecule has 0 spiro atoms. The molecular formula is C25H29N3O. The lowest BCUT2D eigenvalue weighted by atomic mass is 10.0. The molecule has 0 radical (unpaired) electrons. The van der Waals surface area contributed by atoms with Crippen LogP contribution in [0.5, 0.6) is 5.75 Å². The van der Waals surface area contributed by atoms with E-state index >= 15 is 0 Å². The van der Waals surface area contributed by atoms with Gasteiger partial charge in [-0.25, -0.2) is 0 Å². The lowest BCUT2D eigenvalue weighted by Gasteiger charge is -2.33. The molecule has 0 amide bonds. The van der Waals surface area contributed by atoms with Crippen LogP contribution in [0, 0.1) is 0 Å². The molecule has 0 atom stereocenters. The Morgan fingerprint density at radius 2 is 1.66 bits per heavy atom. The number of hydrogen-bond acceptors (Lipinski definition) is 4. The predicted octanol–water partition coefficient (Wildman–Crippen LogP) is 4.78. The summed E-state index contributed by atoms with van der Waals surface area (Å²) < 4.78 is 5.63. The van der Waals surface area contributed by atoms with Crippen molar-refractivity contribution in [2.75, 3.05) is 32.8 Å². The SMILES string of the molecule is CCCOc1ccc(/C=N\N2CCN(Cc3cccc4ccccc34)CC2)cc1. The molecule has 1 aliphatic heterocycles. The summed E-state index contributed by atoms with van der Waals surface area (Å²) >= 11 is 0. The minimum atomic E-state index is 0.760. The number of benzene rings is 3. The van der Waals surface area contributed by atoms with E-state index in [0.717, 1.165) is 57.1 Å². The standard InChI is InChI=1S/C25H29N3O/c1-2-18-29-24-12-10-21(11-13-24)19-26-28-16-14-27(15-17-28)20-23-8-5-7-22-6-3-4-9-25(22)23/h3-13,19H,2,14-18,20H2,1H3/b26-19-. The fourth-order valence-electron chi connectivity index (χ4n) is 3.70. The van der Waals surface area contributed by atoms with Crippen molar-refractivity contribution in [3.05, 3.63) is 77.9 Å². The van der Waals surface area contributed by atoms with Gasteiger partial charge in [-0.1, -0.05) is 49.4 Å². The molecule has 0 N–H and O–H groups in total. The molecule has 3 aromatic carbocycles. The fraction of sp³-hybridized carbons (Fsp3) is 0.320. The van der Waals surface area contributed by atoms with Crippen LogP contribution in [0.1, 0.15) is 24.5 Å². The van der Waals surface area contributed by atoms with Crippen LogP contribution < -0.4 is 4.74 Å². The maximum absolute atomic E-state index is 5.63. The van der Waals surface area contributed by atoms with Crippen LogP contribution in [0.2, 0.25) is 0 Å². The molecule has 4 nitrogen and oxygen atoms in total. The Bertz CT molecular complexity index is 938. The molecule has 150 valence electrons. The number of hydrogen-bond donors (Lipinski definition) is 0. The van der Waals surface area contributed by atoms with Gasteiger partial charge in [-0.3, -0.25) is 9.91 Å². The molecule has 0 saturated carbocycles. The van der Waals surface area contributed by atoms with Gasteiger partial charge in [-0.15, -0.1) is 0 Å². The van der Waals surface area contributed by atoms with Crippen molar-refractivity contribution in [1.29, 1.82) is 0 Å². The molecule has 1 heterocycles. The van der Waals surface area contributed by atoms with Gasteiger partial charge in [0.15, 0.2) is 0 Å². The normalized spacial score (nSPS) is 15.3. The fourth-order valence-corrected chi connectivity index (χ4v) is 3.70. The summed E-state index contributed by atoms with van der Waals surface area (Å²) in [4.78, 5) is 2.52. The zero-order valence-electron chi connectivity index (χ0n) is 17.1. The number of nitrogens with zero attached hydrogens (tertiary/aromatic N) is 3. The van der Waals surface area contributed by atoms with E-state index in [1.807, 2.05) is 18.3 Å². The summed E-state index contributed by atoms with van der Waals surface area (Å²) in [5.41, 5.74) is 2.51. The molecule has 0 unspecified atom stereocenters. The topological polar surface area (TPSA) is 28.1 Å². The van der Waals surface area contributed by atoms with Crippen LogP contribution in [0.15, 0.2) is 71.8 Å². The van der Waals surface area contributed by atoms with Crippen molar-refractivity contribution in [3.8, 4) is 5.75 Å². The van der Waals surface area contributed by atoms with E-state index in [-0.39, 0.29) is 0 Å². The first-order valence-electron chi connectivity index (χ1n) is 10.5. The van der Waals surface area contributed by atoms with Crippen molar-refractivity contribution < 1.29 is 4.74 Å². The summed E-state index contributed by atoms with van der Waals surface area (Å²) in [7, 11) is 0. The minimum Gasteiger partial charge on any atom is -0.494 e. The zero-order valence-corrected chi connectivity index (χ0v) is 17.1. The Kier molecular flexibility index (Phi) is 6.42. The van der Waals surface area contributed by atoms with Gasteiger partial charge in [0, 0.05) is 32.7 Å². The number of rotatable bonds is 7. The molecule has 0 bridgehead atoms. The number of piperazine rings is 1. The number of hydrazone groups is 1. The number of fused-ring (bicyclic) bond motifs is 1. The summed E-state index contributed by atoms with van der Waals surface area (Å²) in [5.74, 6) is 0.922. The smallest absolute Gasteiger partial charge is 0.119 e. The summed E-state index contributed by atoms with van der Waals surface area (Å²) in [6.45, 7) is 7.85. The van der Waals surface area contributed by atoms with Gasteiger partial charge in [-0.2, -0.15) is 5.10 Å². The molecule has 0 aromatic heterocycles. The highest BCUT2D eigenvalue weighted by Crippen LogP contribution is 2.20. The van der Waals surface area contributed by atoms with Gasteiger partial charge in [0.05, 0.1) is 12.8 Å². The Morgan fingerprint density at radius 3 is 2.45 bits per heavy atom. The monoisotopic (exact) mass is 387 g/mol. The molecule has 1 aliphatic rings. The van der Waals surface area contributed by atoms with Crippen molar-refractivity contribution in [1.82, 2.24) is 9.91 Å². The average molecular weight is 388 g/mol. The first-order chi connectivity index (χ1) is 14.3. The zero-order chi connectivity index (χ0) is 19.9. The first kappa shape index (κ1) is 19.5. The van der Waals surface area contributed by atoms with E-state index in [9.17, 15) is 0 Å². The van der Waals surface area contributed by atoms with Gasteiger partial charge in [-0.05, 0) is 52.6 Å². The molecule has 1 saturated heterocycles. The third-order valence-corrected chi connectivity index (χ3v) is 5.35. The van der Waals surface area contributed by atoms with E-state index in [1.165, 1.54) is 16.3 Å². The quantitative estimate of drug-likeness (QED) is 0.546. The maximum Gasteiger partial charge on any atom is 0.119 e. The number of ether oxygens (including phenoxy) is 1.